The molecule has 0 unspecified atom stereocenters. The predicted molar refractivity (Wildman–Crippen MR) is 92.9 cm³/mol. The summed E-state index contributed by atoms with van der Waals surface area (Å²) in [5.74, 6) is 0.283. The van der Waals surface area contributed by atoms with Crippen LogP contribution in [0.3, 0.4) is 0 Å². The van der Waals surface area contributed by atoms with Crippen molar-refractivity contribution in [2.24, 2.45) is 0 Å². The zero-order chi connectivity index (χ0) is 18.3. The van der Waals surface area contributed by atoms with Crippen LogP contribution in [0.4, 0.5) is 0 Å². The summed E-state index contributed by atoms with van der Waals surface area (Å²) in [5.41, 5.74) is 1.05. The molecule has 1 aromatic carbocycles. The molecule has 0 bridgehead atoms. The summed E-state index contributed by atoms with van der Waals surface area (Å²) in [5, 5.41) is 0. The van der Waals surface area contributed by atoms with Crippen molar-refractivity contribution in [1.82, 2.24) is 19.2 Å². The molecule has 2 aliphatic rings. The topological polar surface area (TPSA) is 95.6 Å². The lowest BCUT2D eigenvalue weighted by Gasteiger charge is -2.39. The fourth-order valence-corrected chi connectivity index (χ4v) is 4.98. The molecule has 0 radical (unpaired) electrons. The first kappa shape index (κ1) is 17.2. The summed E-state index contributed by atoms with van der Waals surface area (Å²) in [6.07, 6.45) is 3.41. The Kier molecular flexibility index (Phi) is 4.29. The van der Waals surface area contributed by atoms with Gasteiger partial charge in [0.15, 0.2) is 0 Å². The molecule has 0 aliphatic carbocycles. The van der Waals surface area contributed by atoms with E-state index >= 15 is 0 Å². The minimum absolute atomic E-state index is 0.123. The third kappa shape index (κ3) is 2.81. The molecule has 2 aliphatic heterocycles. The molecule has 2 aromatic rings. The highest BCUT2D eigenvalue weighted by atomic mass is 32.2. The van der Waals surface area contributed by atoms with Crippen LogP contribution < -0.4 is 0 Å². The molecule has 0 saturated carbocycles. The molecule has 4 rings (SSSR count). The van der Waals surface area contributed by atoms with Crippen LogP contribution in [0.15, 0.2) is 35.5 Å². The van der Waals surface area contributed by atoms with Crippen molar-refractivity contribution in [3.05, 3.63) is 47.5 Å². The molecule has 1 atom stereocenters. The number of nitrogens with one attached hydrogen (secondary N) is 1. The van der Waals surface area contributed by atoms with Gasteiger partial charge in [-0.15, -0.1) is 0 Å². The van der Waals surface area contributed by atoms with E-state index in [-0.39, 0.29) is 17.5 Å². The zero-order valence-corrected chi connectivity index (χ0v) is 15.2. The maximum Gasteiger partial charge on any atom is 0.338 e. The Hall–Kier alpha value is -2.23. The number of rotatable bonds is 4. The van der Waals surface area contributed by atoms with Crippen LogP contribution in [-0.2, 0) is 21.4 Å². The largest absolute Gasteiger partial charge is 0.457 e. The Bertz CT molecular complexity index is 926. The highest BCUT2D eigenvalue weighted by molar-refractivity contribution is 7.89. The molecule has 9 heteroatoms. The van der Waals surface area contributed by atoms with Crippen molar-refractivity contribution < 1.29 is 17.9 Å². The number of cyclic esters (lactones) is 1. The van der Waals surface area contributed by atoms with Crippen LogP contribution in [0, 0.1) is 0 Å². The lowest BCUT2D eigenvalue weighted by molar-refractivity contribution is 0.0535. The summed E-state index contributed by atoms with van der Waals surface area (Å²) >= 11 is 0. The van der Waals surface area contributed by atoms with Gasteiger partial charge in [0.25, 0.3) is 0 Å². The van der Waals surface area contributed by atoms with Gasteiger partial charge in [-0.3, -0.25) is 4.90 Å². The molecular weight excluding hydrogens is 356 g/mol. The average Bonchev–Trinajstić information content (AvgIpc) is 3.31. The van der Waals surface area contributed by atoms with Gasteiger partial charge in [0, 0.05) is 37.6 Å². The maximum atomic E-state index is 13.1. The molecule has 3 heterocycles. The smallest absolute Gasteiger partial charge is 0.338 e. The van der Waals surface area contributed by atoms with Crippen molar-refractivity contribution in [3.63, 3.8) is 0 Å². The Morgan fingerprint density at radius 2 is 2.19 bits per heavy atom. The van der Waals surface area contributed by atoms with Crippen molar-refractivity contribution >= 4 is 16.0 Å². The quantitative estimate of drug-likeness (QED) is 0.804. The van der Waals surface area contributed by atoms with Gasteiger partial charge in [0.05, 0.1) is 16.5 Å². The van der Waals surface area contributed by atoms with Crippen molar-refractivity contribution in [2.45, 2.75) is 24.5 Å². The summed E-state index contributed by atoms with van der Waals surface area (Å²) < 4.78 is 32.7. The van der Waals surface area contributed by atoms with E-state index in [1.807, 2.05) is 6.92 Å². The molecule has 26 heavy (non-hydrogen) atoms. The standard InChI is InChI=1S/C17H20N4O4S/c1-2-20-7-8-21(10-15(20)16-18-5-6-19-16)26(23,24)13-4-3-12-11-25-17(22)14(12)9-13/h3-6,9,15H,2,7-8,10-11H2,1H3,(H,18,19)/t15-/m1/s1. The number of imidazole rings is 1. The SMILES string of the molecule is CCN1CCN(S(=O)(=O)c2ccc3c(c2)C(=O)OC3)C[C@@H]1c1ncc[nH]1. The van der Waals surface area contributed by atoms with Crippen molar-refractivity contribution in [2.75, 3.05) is 26.2 Å². The second-order valence-electron chi connectivity index (χ2n) is 6.38. The van der Waals surface area contributed by atoms with Gasteiger partial charge in [0.1, 0.15) is 12.4 Å². The number of aromatic nitrogens is 2. The number of fused-ring (bicyclic) bond motifs is 1. The third-order valence-corrected chi connectivity index (χ3v) is 6.85. The number of carbonyl (C=O) groups excluding carboxylic acids is 1. The van der Waals surface area contributed by atoms with Crippen LogP contribution >= 0.6 is 0 Å². The number of aromatic amines is 1. The van der Waals surface area contributed by atoms with Crippen LogP contribution in [0.2, 0.25) is 0 Å². The Morgan fingerprint density at radius 1 is 1.35 bits per heavy atom. The number of nitrogens with zero attached hydrogens (tertiary/aromatic N) is 3. The number of sulfonamides is 1. The van der Waals surface area contributed by atoms with Gasteiger partial charge in [0.2, 0.25) is 10.0 Å². The number of hydrogen-bond acceptors (Lipinski definition) is 6. The molecule has 138 valence electrons. The number of ether oxygens (including phenoxy) is 1. The number of H-pyrrole nitrogens is 1. The number of likely N-dealkylation sites (N-methyl/N-ethyl adjacent to an activating group) is 1. The normalized spacial score (nSPS) is 21.6. The van der Waals surface area contributed by atoms with E-state index in [0.717, 1.165) is 17.9 Å². The number of piperazine rings is 1. The average molecular weight is 376 g/mol. The second kappa shape index (κ2) is 6.49. The summed E-state index contributed by atoms with van der Waals surface area (Å²) in [6.45, 7) is 4.38. The number of carbonyl (C=O) groups is 1. The number of benzene rings is 1. The van der Waals surface area contributed by atoms with Crippen LogP contribution in [0.25, 0.3) is 0 Å². The minimum atomic E-state index is -3.71. The van der Waals surface area contributed by atoms with E-state index in [9.17, 15) is 13.2 Å². The molecule has 0 amide bonds. The van der Waals surface area contributed by atoms with Gasteiger partial charge >= 0.3 is 5.97 Å². The van der Waals surface area contributed by atoms with Gasteiger partial charge in [-0.1, -0.05) is 13.0 Å². The van der Waals surface area contributed by atoms with E-state index in [1.54, 1.807) is 24.5 Å². The predicted octanol–water partition coefficient (Wildman–Crippen LogP) is 1.15. The van der Waals surface area contributed by atoms with Crippen molar-refractivity contribution in [1.29, 1.82) is 0 Å². The molecular formula is C17H20N4O4S. The lowest BCUT2D eigenvalue weighted by atomic mass is 10.1. The highest BCUT2D eigenvalue weighted by Gasteiger charge is 2.36. The first-order valence-electron chi connectivity index (χ1n) is 8.54. The van der Waals surface area contributed by atoms with Crippen molar-refractivity contribution in [3.8, 4) is 0 Å². The number of esters is 1. The molecule has 1 aromatic heterocycles. The molecule has 1 fully saturated rings. The molecule has 0 spiro atoms. The molecule has 1 saturated heterocycles. The van der Waals surface area contributed by atoms with E-state index in [1.165, 1.54) is 10.4 Å². The van der Waals surface area contributed by atoms with Gasteiger partial charge in [-0.05, 0) is 18.7 Å². The Balaban J connectivity index is 1.64. The lowest BCUT2D eigenvalue weighted by Crippen LogP contribution is -2.50. The van der Waals surface area contributed by atoms with E-state index in [0.29, 0.717) is 25.2 Å². The summed E-state index contributed by atoms with van der Waals surface area (Å²) in [6, 6.07) is 4.50. The van der Waals surface area contributed by atoms with Gasteiger partial charge in [-0.25, -0.2) is 18.2 Å². The third-order valence-electron chi connectivity index (χ3n) is 4.99. The van der Waals surface area contributed by atoms with Crippen LogP contribution in [-0.4, -0.2) is 59.7 Å². The summed E-state index contributed by atoms with van der Waals surface area (Å²) in [7, 11) is -3.71. The number of hydrogen-bond donors (Lipinski definition) is 1. The highest BCUT2D eigenvalue weighted by Crippen LogP contribution is 2.29. The van der Waals surface area contributed by atoms with Gasteiger partial charge < -0.3 is 9.72 Å². The first-order chi connectivity index (χ1) is 12.5. The Labute approximate surface area is 151 Å². The molecule has 1 N–H and O–H groups in total. The first-order valence-corrected chi connectivity index (χ1v) is 9.98. The molecule has 8 nitrogen and oxygen atoms in total. The Morgan fingerprint density at radius 3 is 2.92 bits per heavy atom. The van der Waals surface area contributed by atoms with E-state index in [4.69, 9.17) is 4.74 Å². The monoisotopic (exact) mass is 376 g/mol. The summed E-state index contributed by atoms with van der Waals surface area (Å²) in [4.78, 5) is 21.5. The fraction of sp³-hybridized carbons (Fsp3) is 0.412. The zero-order valence-electron chi connectivity index (χ0n) is 14.4. The maximum absolute atomic E-state index is 13.1. The second-order valence-corrected chi connectivity index (χ2v) is 8.31. The minimum Gasteiger partial charge on any atom is -0.457 e. The fourth-order valence-electron chi connectivity index (χ4n) is 3.51. The van der Waals surface area contributed by atoms with E-state index in [2.05, 4.69) is 14.9 Å². The van der Waals surface area contributed by atoms with Crippen LogP contribution in [0.1, 0.15) is 34.7 Å². The van der Waals surface area contributed by atoms with Crippen LogP contribution in [0.5, 0.6) is 0 Å². The van der Waals surface area contributed by atoms with E-state index < -0.39 is 16.0 Å². The van der Waals surface area contributed by atoms with Gasteiger partial charge in [-0.2, -0.15) is 4.31 Å².